The van der Waals surface area contributed by atoms with Crippen molar-refractivity contribution in [3.63, 3.8) is 0 Å². The van der Waals surface area contributed by atoms with Crippen molar-refractivity contribution in [2.24, 2.45) is 5.92 Å². The molecule has 2 atom stereocenters. The maximum atomic E-state index is 6.26. The SMILES string of the molecule is C1CNCC(COCC2CCC3(CCCC3)O2)C1. The van der Waals surface area contributed by atoms with E-state index in [4.69, 9.17) is 9.47 Å². The monoisotopic (exact) mass is 253 g/mol. The molecule has 1 aliphatic carbocycles. The summed E-state index contributed by atoms with van der Waals surface area (Å²) in [5.74, 6) is 0.723. The van der Waals surface area contributed by atoms with Gasteiger partial charge >= 0.3 is 0 Å². The van der Waals surface area contributed by atoms with Crippen molar-refractivity contribution in [2.75, 3.05) is 26.3 Å². The van der Waals surface area contributed by atoms with Gasteiger partial charge in [0, 0.05) is 6.54 Å². The quantitative estimate of drug-likeness (QED) is 0.835. The standard InChI is InChI=1S/C15H27NO2/c1-2-7-15(6-1)8-5-14(18-15)12-17-11-13-4-3-9-16-10-13/h13-14,16H,1-12H2. The van der Waals surface area contributed by atoms with Crippen LogP contribution in [0.3, 0.4) is 0 Å². The molecule has 1 N–H and O–H groups in total. The summed E-state index contributed by atoms with van der Waals surface area (Å²) in [6.45, 7) is 4.05. The van der Waals surface area contributed by atoms with Gasteiger partial charge in [-0.2, -0.15) is 0 Å². The van der Waals surface area contributed by atoms with Gasteiger partial charge in [0.05, 0.1) is 24.9 Å². The van der Waals surface area contributed by atoms with Crippen LogP contribution in [0.25, 0.3) is 0 Å². The molecule has 18 heavy (non-hydrogen) atoms. The summed E-state index contributed by atoms with van der Waals surface area (Å²) in [6.07, 6.45) is 10.8. The summed E-state index contributed by atoms with van der Waals surface area (Å²) in [7, 11) is 0. The molecule has 3 heteroatoms. The van der Waals surface area contributed by atoms with E-state index in [1.807, 2.05) is 0 Å². The number of ether oxygens (including phenoxy) is 2. The molecule has 0 aromatic carbocycles. The Morgan fingerprint density at radius 3 is 2.72 bits per heavy atom. The third kappa shape index (κ3) is 3.06. The fraction of sp³-hybridized carbons (Fsp3) is 1.00. The molecule has 0 aromatic heterocycles. The van der Waals surface area contributed by atoms with E-state index in [0.29, 0.717) is 6.10 Å². The molecule has 3 aliphatic rings. The highest BCUT2D eigenvalue weighted by Gasteiger charge is 2.42. The van der Waals surface area contributed by atoms with Crippen LogP contribution in [0, 0.1) is 5.92 Å². The minimum Gasteiger partial charge on any atom is -0.378 e. The lowest BCUT2D eigenvalue weighted by atomic mass is 9.98. The van der Waals surface area contributed by atoms with Gasteiger partial charge in [0.25, 0.3) is 0 Å². The lowest BCUT2D eigenvalue weighted by Gasteiger charge is -2.25. The van der Waals surface area contributed by atoms with Crippen molar-refractivity contribution >= 4 is 0 Å². The highest BCUT2D eigenvalue weighted by molar-refractivity contribution is 4.92. The molecule has 2 saturated heterocycles. The Morgan fingerprint density at radius 2 is 1.94 bits per heavy atom. The molecule has 3 rings (SSSR count). The second kappa shape index (κ2) is 5.89. The van der Waals surface area contributed by atoms with Crippen LogP contribution in [-0.2, 0) is 9.47 Å². The van der Waals surface area contributed by atoms with E-state index in [1.165, 1.54) is 57.9 Å². The Kier molecular flexibility index (Phi) is 4.22. The van der Waals surface area contributed by atoms with E-state index in [1.54, 1.807) is 0 Å². The predicted molar refractivity (Wildman–Crippen MR) is 71.7 cm³/mol. The van der Waals surface area contributed by atoms with Crippen molar-refractivity contribution in [3.05, 3.63) is 0 Å². The first kappa shape index (κ1) is 12.9. The number of nitrogens with one attached hydrogen (secondary N) is 1. The first-order valence-electron chi connectivity index (χ1n) is 7.83. The lowest BCUT2D eigenvalue weighted by molar-refractivity contribution is -0.0721. The average molecular weight is 253 g/mol. The molecule has 0 radical (unpaired) electrons. The highest BCUT2D eigenvalue weighted by atomic mass is 16.6. The first-order chi connectivity index (χ1) is 8.86. The highest BCUT2D eigenvalue weighted by Crippen LogP contribution is 2.43. The van der Waals surface area contributed by atoms with Gasteiger partial charge in [0.15, 0.2) is 0 Å². The van der Waals surface area contributed by atoms with Crippen LogP contribution in [0.1, 0.15) is 51.4 Å². The zero-order valence-corrected chi connectivity index (χ0v) is 11.5. The molecular weight excluding hydrogens is 226 g/mol. The van der Waals surface area contributed by atoms with Crippen LogP contribution in [0.5, 0.6) is 0 Å². The summed E-state index contributed by atoms with van der Waals surface area (Å²) < 4.78 is 12.2. The third-order valence-corrected chi connectivity index (χ3v) is 4.91. The van der Waals surface area contributed by atoms with Gasteiger partial charge in [-0.3, -0.25) is 0 Å². The Hall–Kier alpha value is -0.120. The summed E-state index contributed by atoms with van der Waals surface area (Å²) in [5.41, 5.74) is 0.264. The van der Waals surface area contributed by atoms with Crippen LogP contribution in [0.2, 0.25) is 0 Å². The number of hydrogen-bond acceptors (Lipinski definition) is 3. The molecule has 2 aliphatic heterocycles. The summed E-state index contributed by atoms with van der Waals surface area (Å²) in [5, 5.41) is 3.44. The number of hydrogen-bond donors (Lipinski definition) is 1. The maximum absolute atomic E-state index is 6.26. The normalized spacial score (nSPS) is 35.3. The minimum absolute atomic E-state index is 0.264. The van der Waals surface area contributed by atoms with Crippen LogP contribution < -0.4 is 5.32 Å². The molecule has 3 nitrogen and oxygen atoms in total. The van der Waals surface area contributed by atoms with Crippen molar-refractivity contribution < 1.29 is 9.47 Å². The van der Waals surface area contributed by atoms with Gasteiger partial charge in [0.1, 0.15) is 0 Å². The molecule has 1 saturated carbocycles. The second-order valence-electron chi connectivity index (χ2n) is 6.42. The second-order valence-corrected chi connectivity index (χ2v) is 6.42. The fourth-order valence-corrected chi connectivity index (χ4v) is 3.83. The van der Waals surface area contributed by atoms with E-state index in [0.717, 1.165) is 25.7 Å². The van der Waals surface area contributed by atoms with Crippen LogP contribution in [0.4, 0.5) is 0 Å². The number of rotatable bonds is 4. The molecule has 0 amide bonds. The molecule has 3 fully saturated rings. The van der Waals surface area contributed by atoms with Crippen molar-refractivity contribution in [3.8, 4) is 0 Å². The number of piperidine rings is 1. The molecule has 1 spiro atoms. The Labute approximate surface area is 111 Å². The van der Waals surface area contributed by atoms with Crippen molar-refractivity contribution in [2.45, 2.75) is 63.1 Å². The lowest BCUT2D eigenvalue weighted by Crippen LogP contribution is -2.33. The minimum atomic E-state index is 0.264. The van der Waals surface area contributed by atoms with Crippen LogP contribution in [0.15, 0.2) is 0 Å². The zero-order valence-electron chi connectivity index (χ0n) is 11.5. The molecule has 104 valence electrons. The van der Waals surface area contributed by atoms with Crippen LogP contribution >= 0.6 is 0 Å². The average Bonchev–Trinajstić information content (AvgIpc) is 3.02. The Bertz CT molecular complexity index is 257. The van der Waals surface area contributed by atoms with Crippen molar-refractivity contribution in [1.82, 2.24) is 5.32 Å². The van der Waals surface area contributed by atoms with Gasteiger partial charge in [-0.1, -0.05) is 12.8 Å². The van der Waals surface area contributed by atoms with Crippen LogP contribution in [-0.4, -0.2) is 38.0 Å². The van der Waals surface area contributed by atoms with E-state index >= 15 is 0 Å². The molecule has 2 unspecified atom stereocenters. The van der Waals surface area contributed by atoms with Gasteiger partial charge in [0.2, 0.25) is 0 Å². The van der Waals surface area contributed by atoms with E-state index in [-0.39, 0.29) is 5.60 Å². The first-order valence-corrected chi connectivity index (χ1v) is 7.83. The van der Waals surface area contributed by atoms with E-state index < -0.39 is 0 Å². The summed E-state index contributed by atoms with van der Waals surface area (Å²) >= 11 is 0. The van der Waals surface area contributed by atoms with E-state index in [9.17, 15) is 0 Å². The smallest absolute Gasteiger partial charge is 0.0817 e. The van der Waals surface area contributed by atoms with Gasteiger partial charge < -0.3 is 14.8 Å². The topological polar surface area (TPSA) is 30.5 Å². The predicted octanol–water partition coefficient (Wildman–Crippen LogP) is 2.49. The molecule has 0 aromatic rings. The zero-order chi connectivity index (χ0) is 12.3. The van der Waals surface area contributed by atoms with E-state index in [2.05, 4.69) is 5.32 Å². The Balaban J connectivity index is 1.34. The maximum Gasteiger partial charge on any atom is 0.0817 e. The third-order valence-electron chi connectivity index (χ3n) is 4.91. The summed E-state index contributed by atoms with van der Waals surface area (Å²) in [6, 6.07) is 0. The van der Waals surface area contributed by atoms with Gasteiger partial charge in [-0.05, 0) is 51.0 Å². The molecular formula is C15H27NO2. The molecule has 2 heterocycles. The Morgan fingerprint density at radius 1 is 1.06 bits per heavy atom. The van der Waals surface area contributed by atoms with Gasteiger partial charge in [-0.25, -0.2) is 0 Å². The van der Waals surface area contributed by atoms with Crippen molar-refractivity contribution in [1.29, 1.82) is 0 Å². The summed E-state index contributed by atoms with van der Waals surface area (Å²) in [4.78, 5) is 0. The molecule has 0 bridgehead atoms. The van der Waals surface area contributed by atoms with Gasteiger partial charge in [-0.15, -0.1) is 0 Å². The largest absolute Gasteiger partial charge is 0.378 e. The fourth-order valence-electron chi connectivity index (χ4n) is 3.83.